The fourth-order valence-electron chi connectivity index (χ4n) is 3.26. The van der Waals surface area contributed by atoms with Crippen LogP contribution in [0.1, 0.15) is 18.1 Å². The van der Waals surface area contributed by atoms with E-state index in [1.54, 1.807) is 18.2 Å². The number of ether oxygens (including phenoxy) is 2. The number of anilines is 2. The number of halogens is 3. The van der Waals surface area contributed by atoms with E-state index in [-0.39, 0.29) is 5.75 Å². The Bertz CT molecular complexity index is 808. The van der Waals surface area contributed by atoms with Crippen molar-refractivity contribution in [2.75, 3.05) is 37.3 Å². The van der Waals surface area contributed by atoms with Gasteiger partial charge >= 0.3 is 6.18 Å². The Hall–Kier alpha value is -2.57. The third-order valence-corrected chi connectivity index (χ3v) is 4.63. The van der Waals surface area contributed by atoms with Crippen LogP contribution in [0.3, 0.4) is 0 Å². The number of hydrogen-bond acceptors (Lipinski definition) is 4. The molecule has 4 nitrogen and oxygen atoms in total. The van der Waals surface area contributed by atoms with E-state index in [4.69, 9.17) is 9.47 Å². The average Bonchev–Trinajstić information content (AvgIpc) is 2.62. The van der Waals surface area contributed by atoms with E-state index in [1.165, 1.54) is 0 Å². The van der Waals surface area contributed by atoms with Crippen molar-refractivity contribution in [3.05, 3.63) is 47.5 Å². The SMILES string of the molecule is CCOc1ccc2c(c1)CCc1cc(OCC(F)(F)F)ccc1N(C)N2C. The first-order valence-electron chi connectivity index (χ1n) is 8.84. The van der Waals surface area contributed by atoms with Gasteiger partial charge in [0.15, 0.2) is 6.61 Å². The van der Waals surface area contributed by atoms with E-state index in [2.05, 4.69) is 0 Å². The first-order valence-corrected chi connectivity index (χ1v) is 8.84. The van der Waals surface area contributed by atoms with Crippen LogP contribution >= 0.6 is 0 Å². The van der Waals surface area contributed by atoms with Gasteiger partial charge in [-0.2, -0.15) is 13.2 Å². The maximum atomic E-state index is 12.4. The molecule has 0 saturated carbocycles. The molecule has 0 amide bonds. The summed E-state index contributed by atoms with van der Waals surface area (Å²) >= 11 is 0. The predicted molar refractivity (Wildman–Crippen MR) is 99.8 cm³/mol. The molecule has 3 rings (SSSR count). The smallest absolute Gasteiger partial charge is 0.422 e. The zero-order valence-corrected chi connectivity index (χ0v) is 15.6. The highest BCUT2D eigenvalue weighted by Crippen LogP contribution is 2.35. The van der Waals surface area contributed by atoms with E-state index in [0.717, 1.165) is 34.7 Å². The zero-order chi connectivity index (χ0) is 19.6. The molecule has 0 fully saturated rings. The van der Waals surface area contributed by atoms with Crippen LogP contribution in [0.4, 0.5) is 24.5 Å². The molecule has 1 heterocycles. The summed E-state index contributed by atoms with van der Waals surface area (Å²) in [5, 5.41) is 4.01. The van der Waals surface area contributed by atoms with Crippen molar-refractivity contribution >= 4 is 11.4 Å². The van der Waals surface area contributed by atoms with E-state index < -0.39 is 12.8 Å². The van der Waals surface area contributed by atoms with Gasteiger partial charge < -0.3 is 9.47 Å². The minimum atomic E-state index is -4.35. The molecule has 7 heteroatoms. The zero-order valence-electron chi connectivity index (χ0n) is 15.6. The molecule has 1 aliphatic heterocycles. The van der Waals surface area contributed by atoms with Crippen molar-refractivity contribution in [1.82, 2.24) is 0 Å². The summed E-state index contributed by atoms with van der Waals surface area (Å²) in [5.74, 6) is 1.04. The lowest BCUT2D eigenvalue weighted by molar-refractivity contribution is -0.153. The highest BCUT2D eigenvalue weighted by Gasteiger charge is 2.28. The summed E-state index contributed by atoms with van der Waals surface area (Å²) in [7, 11) is 3.89. The Balaban J connectivity index is 1.89. The normalized spacial score (nSPS) is 14.1. The fourth-order valence-corrected chi connectivity index (χ4v) is 3.26. The molecular weight excluding hydrogens is 357 g/mol. The Morgan fingerprint density at radius 2 is 1.33 bits per heavy atom. The summed E-state index contributed by atoms with van der Waals surface area (Å²) < 4.78 is 47.8. The molecule has 2 aromatic rings. The van der Waals surface area contributed by atoms with Gasteiger partial charge in [0.2, 0.25) is 0 Å². The quantitative estimate of drug-likeness (QED) is 0.773. The molecule has 2 aromatic carbocycles. The van der Waals surface area contributed by atoms with E-state index >= 15 is 0 Å². The number of nitrogens with zero attached hydrogens (tertiary/aromatic N) is 2. The highest BCUT2D eigenvalue weighted by atomic mass is 19.4. The van der Waals surface area contributed by atoms with Crippen LogP contribution in [-0.4, -0.2) is 33.5 Å². The second-order valence-corrected chi connectivity index (χ2v) is 6.47. The van der Waals surface area contributed by atoms with Gasteiger partial charge in [0.1, 0.15) is 11.5 Å². The molecule has 0 atom stereocenters. The molecule has 0 radical (unpaired) electrons. The van der Waals surface area contributed by atoms with Crippen molar-refractivity contribution in [2.24, 2.45) is 0 Å². The molecule has 0 saturated heterocycles. The molecule has 0 unspecified atom stereocenters. The van der Waals surface area contributed by atoms with Crippen LogP contribution in [0, 0.1) is 0 Å². The van der Waals surface area contributed by atoms with Crippen LogP contribution in [0.5, 0.6) is 11.5 Å². The van der Waals surface area contributed by atoms with Crippen LogP contribution in [0.25, 0.3) is 0 Å². The first-order chi connectivity index (χ1) is 12.8. The van der Waals surface area contributed by atoms with Crippen molar-refractivity contribution in [1.29, 1.82) is 0 Å². The number of benzene rings is 2. The number of aryl methyl sites for hydroxylation is 2. The summed E-state index contributed by atoms with van der Waals surface area (Å²) in [5.41, 5.74) is 4.08. The molecule has 27 heavy (non-hydrogen) atoms. The summed E-state index contributed by atoms with van der Waals surface area (Å²) in [6, 6.07) is 11.1. The molecular formula is C20H23F3N2O2. The standard InChI is InChI=1S/C20H23F3N2O2/c1-4-26-16-7-9-18-14(11-16)5-6-15-12-17(27-13-20(21,22)23)8-10-19(15)25(3)24(18)2/h7-12H,4-6,13H2,1-3H3. The molecule has 0 aromatic heterocycles. The average molecular weight is 380 g/mol. The highest BCUT2D eigenvalue weighted by molar-refractivity contribution is 5.66. The van der Waals surface area contributed by atoms with E-state index in [9.17, 15) is 13.2 Å². The third kappa shape index (κ3) is 4.40. The van der Waals surface area contributed by atoms with Gasteiger partial charge in [-0.15, -0.1) is 0 Å². The van der Waals surface area contributed by atoms with Gasteiger partial charge in [-0.25, -0.2) is 0 Å². The minimum Gasteiger partial charge on any atom is -0.494 e. The van der Waals surface area contributed by atoms with Gasteiger partial charge in [0.05, 0.1) is 18.0 Å². The monoisotopic (exact) mass is 380 g/mol. The Labute approximate surface area is 157 Å². The largest absolute Gasteiger partial charge is 0.494 e. The van der Waals surface area contributed by atoms with Gasteiger partial charge in [0, 0.05) is 14.1 Å². The number of fused-ring (bicyclic) bond motifs is 2. The second-order valence-electron chi connectivity index (χ2n) is 6.47. The molecule has 146 valence electrons. The lowest BCUT2D eigenvalue weighted by Gasteiger charge is -2.36. The van der Waals surface area contributed by atoms with Crippen LogP contribution in [0.15, 0.2) is 36.4 Å². The number of rotatable bonds is 4. The number of hydrogen-bond donors (Lipinski definition) is 0. The summed E-state index contributed by atoms with van der Waals surface area (Å²) in [6.07, 6.45) is -2.90. The maximum absolute atomic E-state index is 12.4. The second kappa shape index (κ2) is 7.58. The molecule has 0 bridgehead atoms. The number of alkyl halides is 3. The minimum absolute atomic E-state index is 0.228. The number of hydrazine groups is 1. The van der Waals surface area contributed by atoms with Crippen molar-refractivity contribution in [3.8, 4) is 11.5 Å². The van der Waals surface area contributed by atoms with Gasteiger partial charge in [-0.3, -0.25) is 10.0 Å². The van der Waals surface area contributed by atoms with Gasteiger partial charge in [-0.05, 0) is 67.3 Å². The lowest BCUT2D eigenvalue weighted by Crippen LogP contribution is -2.38. The summed E-state index contributed by atoms with van der Waals surface area (Å²) in [6.45, 7) is 1.24. The van der Waals surface area contributed by atoms with Crippen LogP contribution in [0.2, 0.25) is 0 Å². The lowest BCUT2D eigenvalue weighted by atomic mass is 9.99. The Morgan fingerprint density at radius 1 is 0.852 bits per heavy atom. The van der Waals surface area contributed by atoms with Crippen LogP contribution < -0.4 is 19.5 Å². The molecule has 0 spiro atoms. The fraction of sp³-hybridized carbons (Fsp3) is 0.400. The maximum Gasteiger partial charge on any atom is 0.422 e. The van der Waals surface area contributed by atoms with Gasteiger partial charge in [-0.1, -0.05) is 0 Å². The predicted octanol–water partition coefficient (Wildman–Crippen LogP) is 4.61. The van der Waals surface area contributed by atoms with Crippen molar-refractivity contribution in [3.63, 3.8) is 0 Å². The summed E-state index contributed by atoms with van der Waals surface area (Å²) in [4.78, 5) is 0. The molecule has 0 aliphatic carbocycles. The third-order valence-electron chi connectivity index (χ3n) is 4.63. The van der Waals surface area contributed by atoms with Gasteiger partial charge in [0.25, 0.3) is 0 Å². The first kappa shape index (κ1) is 19.2. The molecule has 0 N–H and O–H groups in total. The Morgan fingerprint density at radius 3 is 1.78 bits per heavy atom. The molecule has 1 aliphatic rings. The van der Waals surface area contributed by atoms with E-state index in [0.29, 0.717) is 13.0 Å². The Kier molecular flexibility index (Phi) is 5.39. The van der Waals surface area contributed by atoms with Crippen molar-refractivity contribution < 1.29 is 22.6 Å². The topological polar surface area (TPSA) is 24.9 Å². The van der Waals surface area contributed by atoms with Crippen molar-refractivity contribution in [2.45, 2.75) is 25.9 Å². The van der Waals surface area contributed by atoms with E-state index in [1.807, 2.05) is 49.2 Å². The van der Waals surface area contributed by atoms with Crippen LogP contribution in [-0.2, 0) is 12.8 Å².